The molecule has 2 bridgehead atoms. The van der Waals surface area contributed by atoms with E-state index < -0.39 is 10.0 Å². The van der Waals surface area contributed by atoms with E-state index in [-0.39, 0.29) is 17.0 Å². The van der Waals surface area contributed by atoms with Crippen LogP contribution in [0.4, 0.5) is 11.4 Å². The average Bonchev–Trinajstić information content (AvgIpc) is 3.03. The lowest BCUT2D eigenvalue weighted by atomic mass is 9.95. The zero-order valence-corrected chi connectivity index (χ0v) is 12.1. The summed E-state index contributed by atoms with van der Waals surface area (Å²) in [7, 11) is -2.07. The maximum absolute atomic E-state index is 11.8. The third-order valence-corrected chi connectivity index (χ3v) is 5.46. The molecule has 6 nitrogen and oxygen atoms in total. The molecule has 0 spiro atoms. The molecule has 4 N–H and O–H groups in total. The van der Waals surface area contributed by atoms with Crippen molar-refractivity contribution in [3.05, 3.63) is 18.2 Å². The summed E-state index contributed by atoms with van der Waals surface area (Å²) >= 11 is 0. The highest BCUT2D eigenvalue weighted by atomic mass is 32.2. The van der Waals surface area contributed by atoms with E-state index in [1.54, 1.807) is 12.1 Å². The third-order valence-electron chi connectivity index (χ3n) is 4.05. The van der Waals surface area contributed by atoms with E-state index >= 15 is 0 Å². The number of rotatable bonds is 4. The minimum absolute atomic E-state index is 0.209. The molecule has 2 fully saturated rings. The fraction of sp³-hybridized carbons (Fsp3) is 0.538. The van der Waals surface area contributed by atoms with Crippen LogP contribution < -0.4 is 15.8 Å². The molecule has 1 aromatic rings. The summed E-state index contributed by atoms with van der Waals surface area (Å²) in [4.78, 5) is 0.209. The molecule has 2 saturated heterocycles. The summed E-state index contributed by atoms with van der Waals surface area (Å²) in [6.45, 7) is 0. The van der Waals surface area contributed by atoms with Gasteiger partial charge in [-0.25, -0.2) is 13.1 Å². The maximum atomic E-state index is 11.8. The van der Waals surface area contributed by atoms with E-state index in [0.29, 0.717) is 17.5 Å². The molecule has 0 saturated carbocycles. The lowest BCUT2D eigenvalue weighted by Crippen LogP contribution is -2.31. The Morgan fingerprint density at radius 2 is 2.15 bits per heavy atom. The first-order chi connectivity index (χ1) is 9.49. The Labute approximate surface area is 118 Å². The molecule has 20 heavy (non-hydrogen) atoms. The number of nitrogen functional groups attached to an aromatic ring is 1. The van der Waals surface area contributed by atoms with E-state index in [0.717, 1.165) is 19.3 Å². The van der Waals surface area contributed by atoms with E-state index in [9.17, 15) is 8.42 Å². The van der Waals surface area contributed by atoms with Crippen molar-refractivity contribution in [3.8, 4) is 0 Å². The van der Waals surface area contributed by atoms with Gasteiger partial charge in [-0.2, -0.15) is 0 Å². The summed E-state index contributed by atoms with van der Waals surface area (Å²) in [5.74, 6) is 0. The molecule has 0 aliphatic carbocycles. The van der Waals surface area contributed by atoms with Crippen molar-refractivity contribution in [2.45, 2.75) is 42.4 Å². The molecule has 7 heteroatoms. The highest BCUT2D eigenvalue weighted by Gasteiger charge is 2.40. The molecule has 2 aliphatic heterocycles. The lowest BCUT2D eigenvalue weighted by Gasteiger charge is -2.22. The summed E-state index contributed by atoms with van der Waals surface area (Å²) in [6, 6.07) is 4.90. The SMILES string of the molecule is CNS(=O)(=O)c1ccc(N)c(NC2CC3CCC2O3)c1. The van der Waals surface area contributed by atoms with Crippen LogP contribution in [-0.4, -0.2) is 33.7 Å². The molecule has 2 heterocycles. The molecule has 0 aromatic heterocycles. The van der Waals surface area contributed by atoms with Crippen molar-refractivity contribution in [1.82, 2.24) is 4.72 Å². The molecule has 0 radical (unpaired) electrons. The summed E-state index contributed by atoms with van der Waals surface area (Å²) in [6.07, 6.45) is 3.67. The minimum Gasteiger partial charge on any atom is -0.397 e. The summed E-state index contributed by atoms with van der Waals surface area (Å²) in [5.41, 5.74) is 7.13. The van der Waals surface area contributed by atoms with Gasteiger partial charge in [-0.05, 0) is 44.5 Å². The van der Waals surface area contributed by atoms with Gasteiger partial charge in [0.05, 0.1) is 34.5 Å². The molecule has 3 unspecified atom stereocenters. The van der Waals surface area contributed by atoms with Crippen molar-refractivity contribution in [3.63, 3.8) is 0 Å². The Hall–Kier alpha value is -1.31. The van der Waals surface area contributed by atoms with Gasteiger partial charge in [0, 0.05) is 0 Å². The Morgan fingerprint density at radius 3 is 2.75 bits per heavy atom. The smallest absolute Gasteiger partial charge is 0.240 e. The zero-order valence-electron chi connectivity index (χ0n) is 11.3. The van der Waals surface area contributed by atoms with Crippen LogP contribution in [-0.2, 0) is 14.8 Å². The van der Waals surface area contributed by atoms with Gasteiger partial charge in [0.25, 0.3) is 0 Å². The number of ether oxygens (including phenoxy) is 1. The average molecular weight is 297 g/mol. The fourth-order valence-electron chi connectivity index (χ4n) is 2.93. The quantitative estimate of drug-likeness (QED) is 0.718. The van der Waals surface area contributed by atoms with E-state index in [1.807, 2.05) is 0 Å². The van der Waals surface area contributed by atoms with Gasteiger partial charge in [0.1, 0.15) is 0 Å². The predicted molar refractivity (Wildman–Crippen MR) is 77.0 cm³/mol. The van der Waals surface area contributed by atoms with Crippen LogP contribution in [0.15, 0.2) is 23.1 Å². The van der Waals surface area contributed by atoms with Gasteiger partial charge >= 0.3 is 0 Å². The van der Waals surface area contributed by atoms with Crippen LogP contribution >= 0.6 is 0 Å². The van der Waals surface area contributed by atoms with Gasteiger partial charge in [0.2, 0.25) is 10.0 Å². The normalized spacial score (nSPS) is 28.8. The fourth-order valence-corrected chi connectivity index (χ4v) is 3.69. The standard InChI is InChI=1S/C13H19N3O3S/c1-15-20(17,18)9-3-4-10(14)11(7-9)16-12-6-8-2-5-13(12)19-8/h3-4,7-8,12-13,15-16H,2,5-6,14H2,1H3. The first-order valence-electron chi connectivity index (χ1n) is 6.74. The van der Waals surface area contributed by atoms with E-state index in [2.05, 4.69) is 10.0 Å². The van der Waals surface area contributed by atoms with Crippen LogP contribution in [0.5, 0.6) is 0 Å². The van der Waals surface area contributed by atoms with Gasteiger partial charge in [-0.1, -0.05) is 0 Å². The van der Waals surface area contributed by atoms with Gasteiger partial charge in [-0.3, -0.25) is 0 Å². The molecule has 3 atom stereocenters. The Morgan fingerprint density at radius 1 is 1.35 bits per heavy atom. The molecule has 1 aromatic carbocycles. The van der Waals surface area contributed by atoms with Crippen LogP contribution in [0.25, 0.3) is 0 Å². The van der Waals surface area contributed by atoms with Gasteiger partial charge in [0.15, 0.2) is 0 Å². The summed E-state index contributed by atoms with van der Waals surface area (Å²) in [5, 5.41) is 3.33. The van der Waals surface area contributed by atoms with Gasteiger partial charge < -0.3 is 15.8 Å². The largest absolute Gasteiger partial charge is 0.397 e. The van der Waals surface area contributed by atoms with Crippen molar-refractivity contribution >= 4 is 21.4 Å². The van der Waals surface area contributed by atoms with Crippen LogP contribution in [0, 0.1) is 0 Å². The Kier molecular flexibility index (Phi) is 3.35. The molecule has 110 valence electrons. The number of hydrogen-bond donors (Lipinski definition) is 3. The monoisotopic (exact) mass is 297 g/mol. The number of nitrogens with two attached hydrogens (primary N) is 1. The Bertz CT molecular complexity index is 617. The number of hydrogen-bond acceptors (Lipinski definition) is 5. The number of sulfonamides is 1. The topological polar surface area (TPSA) is 93.5 Å². The number of nitrogens with one attached hydrogen (secondary N) is 2. The number of benzene rings is 1. The third kappa shape index (κ3) is 2.36. The van der Waals surface area contributed by atoms with E-state index in [1.165, 1.54) is 13.1 Å². The molecular weight excluding hydrogens is 278 g/mol. The van der Waals surface area contributed by atoms with Crippen LogP contribution in [0.1, 0.15) is 19.3 Å². The minimum atomic E-state index is -3.46. The molecule has 2 aliphatic rings. The second-order valence-corrected chi connectivity index (χ2v) is 7.20. The molecule has 3 rings (SSSR count). The van der Waals surface area contributed by atoms with Gasteiger partial charge in [-0.15, -0.1) is 0 Å². The van der Waals surface area contributed by atoms with E-state index in [4.69, 9.17) is 10.5 Å². The van der Waals surface area contributed by atoms with Crippen LogP contribution in [0.2, 0.25) is 0 Å². The first kappa shape index (κ1) is 13.7. The van der Waals surface area contributed by atoms with Crippen molar-refractivity contribution < 1.29 is 13.2 Å². The maximum Gasteiger partial charge on any atom is 0.240 e. The van der Waals surface area contributed by atoms with Crippen molar-refractivity contribution in [2.75, 3.05) is 18.1 Å². The Balaban J connectivity index is 1.84. The first-order valence-corrected chi connectivity index (χ1v) is 8.23. The zero-order chi connectivity index (χ0) is 14.3. The van der Waals surface area contributed by atoms with Crippen molar-refractivity contribution in [1.29, 1.82) is 0 Å². The molecular formula is C13H19N3O3S. The second-order valence-electron chi connectivity index (χ2n) is 5.32. The van der Waals surface area contributed by atoms with Crippen molar-refractivity contribution in [2.24, 2.45) is 0 Å². The summed E-state index contributed by atoms with van der Waals surface area (Å²) < 4.78 is 31.7. The van der Waals surface area contributed by atoms with Crippen LogP contribution in [0.3, 0.4) is 0 Å². The molecule has 0 amide bonds. The number of anilines is 2. The second kappa shape index (κ2) is 4.91. The number of fused-ring (bicyclic) bond motifs is 2. The highest BCUT2D eigenvalue weighted by Crippen LogP contribution is 2.37. The highest BCUT2D eigenvalue weighted by molar-refractivity contribution is 7.89. The predicted octanol–water partition coefficient (Wildman–Crippen LogP) is 0.909. The lowest BCUT2D eigenvalue weighted by molar-refractivity contribution is 0.102.